The Hall–Kier alpha value is -1.70. The lowest BCUT2D eigenvalue weighted by atomic mass is 10.1. The number of rotatable bonds is 4. The number of hydrogen-bond acceptors (Lipinski definition) is 5. The van der Waals surface area contributed by atoms with Crippen LogP contribution in [0.15, 0.2) is 16.6 Å². The van der Waals surface area contributed by atoms with Gasteiger partial charge in [0.15, 0.2) is 5.75 Å². The number of benzene rings is 1. The molecule has 0 amide bonds. The standard InChI is InChI=1S/C11H11BrFNO5/c1-11(2,10(15)18-3)19-9-4-6(12)7(13)5-8(9)14(16)17/h4-5H,1-3H3. The lowest BCUT2D eigenvalue weighted by Crippen LogP contribution is -2.39. The van der Waals surface area contributed by atoms with Gasteiger partial charge in [0, 0.05) is 6.07 Å². The van der Waals surface area contributed by atoms with Crippen molar-refractivity contribution >= 4 is 27.6 Å². The van der Waals surface area contributed by atoms with Crippen molar-refractivity contribution in [3.8, 4) is 5.75 Å². The number of carbonyl (C=O) groups excluding carboxylic acids is 1. The van der Waals surface area contributed by atoms with Gasteiger partial charge in [-0.3, -0.25) is 10.1 Å². The average molecular weight is 336 g/mol. The topological polar surface area (TPSA) is 78.7 Å². The zero-order valence-electron chi connectivity index (χ0n) is 10.4. The fraction of sp³-hybridized carbons (Fsp3) is 0.364. The molecule has 6 nitrogen and oxygen atoms in total. The van der Waals surface area contributed by atoms with Crippen LogP contribution in [0.5, 0.6) is 5.75 Å². The molecule has 0 radical (unpaired) electrons. The molecule has 0 aliphatic heterocycles. The predicted molar refractivity (Wildman–Crippen MR) is 67.5 cm³/mol. The lowest BCUT2D eigenvalue weighted by molar-refractivity contribution is -0.386. The summed E-state index contributed by atoms with van der Waals surface area (Å²) in [6.45, 7) is 2.78. The minimum atomic E-state index is -1.43. The van der Waals surface area contributed by atoms with Gasteiger partial charge < -0.3 is 9.47 Å². The van der Waals surface area contributed by atoms with Crippen molar-refractivity contribution in [1.82, 2.24) is 0 Å². The molecule has 0 unspecified atom stereocenters. The van der Waals surface area contributed by atoms with Crippen LogP contribution in [0.4, 0.5) is 10.1 Å². The molecule has 0 bridgehead atoms. The van der Waals surface area contributed by atoms with E-state index in [1.165, 1.54) is 21.0 Å². The fourth-order valence-corrected chi connectivity index (χ4v) is 1.63. The molecule has 19 heavy (non-hydrogen) atoms. The normalized spacial score (nSPS) is 11.0. The number of hydrogen-bond donors (Lipinski definition) is 0. The Morgan fingerprint density at radius 3 is 2.53 bits per heavy atom. The van der Waals surface area contributed by atoms with Crippen molar-refractivity contribution in [1.29, 1.82) is 0 Å². The van der Waals surface area contributed by atoms with Crippen LogP contribution in [0.1, 0.15) is 13.8 Å². The van der Waals surface area contributed by atoms with E-state index in [1.807, 2.05) is 0 Å². The summed E-state index contributed by atoms with van der Waals surface area (Å²) in [6.07, 6.45) is 0. The molecule has 0 saturated heterocycles. The van der Waals surface area contributed by atoms with Gasteiger partial charge in [0.25, 0.3) is 0 Å². The number of halogens is 2. The molecule has 8 heteroatoms. The van der Waals surface area contributed by atoms with Gasteiger partial charge in [0.05, 0.1) is 22.6 Å². The molecule has 0 atom stereocenters. The molecule has 1 rings (SSSR count). The maximum atomic E-state index is 13.3. The molecule has 0 fully saturated rings. The quantitative estimate of drug-likeness (QED) is 0.480. The van der Waals surface area contributed by atoms with Gasteiger partial charge in [-0.25, -0.2) is 9.18 Å². The van der Waals surface area contributed by atoms with E-state index >= 15 is 0 Å². The van der Waals surface area contributed by atoms with E-state index in [9.17, 15) is 19.3 Å². The Bertz CT molecular complexity index is 532. The highest BCUT2D eigenvalue weighted by molar-refractivity contribution is 9.10. The van der Waals surface area contributed by atoms with Gasteiger partial charge in [-0.15, -0.1) is 0 Å². The van der Waals surface area contributed by atoms with E-state index < -0.39 is 28.0 Å². The highest BCUT2D eigenvalue weighted by Crippen LogP contribution is 2.34. The van der Waals surface area contributed by atoms with Crippen LogP contribution in [-0.2, 0) is 9.53 Å². The van der Waals surface area contributed by atoms with E-state index in [0.29, 0.717) is 6.07 Å². The number of carbonyl (C=O) groups is 1. The second-order valence-electron chi connectivity index (χ2n) is 4.10. The first-order chi connectivity index (χ1) is 8.69. The Morgan fingerprint density at radius 2 is 2.05 bits per heavy atom. The molecule has 0 aromatic heterocycles. The van der Waals surface area contributed by atoms with Gasteiger partial charge in [0.1, 0.15) is 5.82 Å². The molecule has 0 aliphatic rings. The first-order valence-electron chi connectivity index (χ1n) is 5.10. The van der Waals surface area contributed by atoms with E-state index in [-0.39, 0.29) is 10.2 Å². The number of nitro benzene ring substituents is 1. The fourth-order valence-electron chi connectivity index (χ4n) is 1.30. The van der Waals surface area contributed by atoms with Crippen LogP contribution >= 0.6 is 15.9 Å². The summed E-state index contributed by atoms with van der Waals surface area (Å²) in [5.74, 6) is -1.73. The SMILES string of the molecule is COC(=O)C(C)(C)Oc1cc(Br)c(F)cc1[N+](=O)[O-]. The Morgan fingerprint density at radius 1 is 1.47 bits per heavy atom. The van der Waals surface area contributed by atoms with Crippen molar-refractivity contribution in [3.05, 3.63) is 32.5 Å². The third kappa shape index (κ3) is 3.40. The molecule has 1 aromatic carbocycles. The van der Waals surface area contributed by atoms with E-state index in [2.05, 4.69) is 20.7 Å². The van der Waals surface area contributed by atoms with Crippen molar-refractivity contribution in [3.63, 3.8) is 0 Å². The number of nitrogens with zero attached hydrogens (tertiary/aromatic N) is 1. The molecule has 0 N–H and O–H groups in total. The van der Waals surface area contributed by atoms with Gasteiger partial charge in [0.2, 0.25) is 5.60 Å². The maximum Gasteiger partial charge on any atom is 0.349 e. The minimum absolute atomic E-state index is 0.00577. The van der Waals surface area contributed by atoms with Crippen LogP contribution < -0.4 is 4.74 Å². The zero-order valence-corrected chi connectivity index (χ0v) is 12.0. The molecule has 104 valence electrons. The van der Waals surface area contributed by atoms with Crippen molar-refractivity contribution in [2.75, 3.05) is 7.11 Å². The average Bonchev–Trinajstić information content (AvgIpc) is 2.31. The number of esters is 1. The molecular weight excluding hydrogens is 325 g/mol. The smallest absolute Gasteiger partial charge is 0.349 e. The van der Waals surface area contributed by atoms with Crippen LogP contribution in [0.3, 0.4) is 0 Å². The summed E-state index contributed by atoms with van der Waals surface area (Å²) in [7, 11) is 1.17. The second-order valence-corrected chi connectivity index (χ2v) is 4.95. The van der Waals surface area contributed by atoms with Gasteiger partial charge in [-0.2, -0.15) is 0 Å². The Labute approximate surface area is 116 Å². The summed E-state index contributed by atoms with van der Waals surface area (Å²) in [6, 6.07) is 1.81. The highest BCUT2D eigenvalue weighted by atomic mass is 79.9. The molecule has 0 aliphatic carbocycles. The summed E-state index contributed by atoms with van der Waals surface area (Å²) >= 11 is 2.90. The first kappa shape index (κ1) is 15.4. The van der Waals surface area contributed by atoms with Crippen LogP contribution in [0.25, 0.3) is 0 Å². The third-order valence-electron chi connectivity index (χ3n) is 2.24. The van der Waals surface area contributed by atoms with Crippen LogP contribution in [-0.4, -0.2) is 23.6 Å². The van der Waals surface area contributed by atoms with E-state index in [0.717, 1.165) is 6.07 Å². The highest BCUT2D eigenvalue weighted by Gasteiger charge is 2.34. The number of ether oxygens (including phenoxy) is 2. The van der Waals surface area contributed by atoms with E-state index in [4.69, 9.17) is 4.74 Å². The van der Waals surface area contributed by atoms with Crippen molar-refractivity contribution < 1.29 is 23.6 Å². The molecule has 0 heterocycles. The van der Waals surface area contributed by atoms with E-state index in [1.54, 1.807) is 0 Å². The summed E-state index contributed by atoms with van der Waals surface area (Å²) < 4.78 is 23.1. The molecule has 1 aromatic rings. The number of nitro groups is 1. The third-order valence-corrected chi connectivity index (χ3v) is 2.85. The minimum Gasteiger partial charge on any atom is -0.469 e. The van der Waals surface area contributed by atoms with Crippen LogP contribution in [0, 0.1) is 15.9 Å². The second kappa shape index (κ2) is 5.52. The number of methoxy groups -OCH3 is 1. The molecule has 0 saturated carbocycles. The van der Waals surface area contributed by atoms with Gasteiger partial charge in [-0.1, -0.05) is 0 Å². The maximum absolute atomic E-state index is 13.3. The van der Waals surface area contributed by atoms with Crippen molar-refractivity contribution in [2.24, 2.45) is 0 Å². The summed E-state index contributed by atoms with van der Waals surface area (Å²) in [4.78, 5) is 21.5. The van der Waals surface area contributed by atoms with Gasteiger partial charge >= 0.3 is 11.7 Å². The Kier molecular flexibility index (Phi) is 4.46. The van der Waals surface area contributed by atoms with Crippen molar-refractivity contribution in [2.45, 2.75) is 19.4 Å². The predicted octanol–water partition coefficient (Wildman–Crippen LogP) is 2.83. The largest absolute Gasteiger partial charge is 0.469 e. The monoisotopic (exact) mass is 335 g/mol. The summed E-state index contributed by atoms with van der Waals surface area (Å²) in [5, 5.41) is 10.8. The molecule has 0 spiro atoms. The zero-order chi connectivity index (χ0) is 14.8. The van der Waals surface area contributed by atoms with Gasteiger partial charge in [-0.05, 0) is 29.8 Å². The summed E-state index contributed by atoms with van der Waals surface area (Å²) in [5.41, 5.74) is -2.01. The molecular formula is C11H11BrFNO5. The van der Waals surface area contributed by atoms with Crippen LogP contribution in [0.2, 0.25) is 0 Å². The first-order valence-corrected chi connectivity index (χ1v) is 5.89. The lowest BCUT2D eigenvalue weighted by Gasteiger charge is -2.23. The Balaban J connectivity index is 3.24.